The van der Waals surface area contributed by atoms with Crippen molar-refractivity contribution < 1.29 is 14.3 Å². The molecule has 0 saturated heterocycles. The fraction of sp³-hybridized carbons (Fsp3) is 0.0870. The predicted octanol–water partition coefficient (Wildman–Crippen LogP) is 6.33. The Bertz CT molecular complexity index is 931. The first-order valence-electron chi connectivity index (χ1n) is 8.65. The first kappa shape index (κ1) is 20.0. The fourth-order valence-electron chi connectivity index (χ4n) is 2.37. The van der Waals surface area contributed by atoms with E-state index in [0.717, 1.165) is 22.4 Å². The number of carbonyl (C=O) groups is 1. The van der Waals surface area contributed by atoms with Crippen LogP contribution in [0.4, 0.5) is 0 Å². The summed E-state index contributed by atoms with van der Waals surface area (Å²) in [4.78, 5) is 11.8. The van der Waals surface area contributed by atoms with Gasteiger partial charge in [-0.25, -0.2) is 4.79 Å². The van der Waals surface area contributed by atoms with E-state index in [9.17, 15) is 4.79 Å². The molecule has 3 aromatic rings. The smallest absolute Gasteiger partial charge is 0.331 e. The van der Waals surface area contributed by atoms with Gasteiger partial charge in [-0.15, -0.1) is 0 Å². The molecule has 0 saturated carbocycles. The molecule has 0 aliphatic carbocycles. The summed E-state index contributed by atoms with van der Waals surface area (Å²) in [6.07, 6.45) is 3.10. The molecule has 0 aromatic heterocycles. The summed E-state index contributed by atoms with van der Waals surface area (Å²) in [5, 5.41) is 1.35. The van der Waals surface area contributed by atoms with Crippen LogP contribution in [0, 0.1) is 0 Å². The van der Waals surface area contributed by atoms with Gasteiger partial charge in [-0.1, -0.05) is 59.6 Å². The summed E-state index contributed by atoms with van der Waals surface area (Å²) >= 11 is 11.7. The molecule has 0 unspecified atom stereocenters. The lowest BCUT2D eigenvalue weighted by molar-refractivity contribution is -0.138. The first-order chi connectivity index (χ1) is 13.6. The molecule has 0 N–H and O–H groups in total. The number of rotatable bonds is 7. The monoisotopic (exact) mass is 412 g/mol. The molecule has 28 heavy (non-hydrogen) atoms. The van der Waals surface area contributed by atoms with Gasteiger partial charge in [0.05, 0.1) is 0 Å². The van der Waals surface area contributed by atoms with Crippen LogP contribution < -0.4 is 4.74 Å². The maximum Gasteiger partial charge on any atom is 0.331 e. The molecular weight excluding hydrogens is 395 g/mol. The van der Waals surface area contributed by atoms with Crippen LogP contribution in [0.1, 0.15) is 16.7 Å². The summed E-state index contributed by atoms with van der Waals surface area (Å²) in [6, 6.07) is 22.1. The van der Waals surface area contributed by atoms with Crippen molar-refractivity contribution in [2.24, 2.45) is 0 Å². The van der Waals surface area contributed by atoms with Crippen LogP contribution in [0.3, 0.4) is 0 Å². The topological polar surface area (TPSA) is 35.5 Å². The van der Waals surface area contributed by atoms with Crippen LogP contribution >= 0.6 is 23.2 Å². The van der Waals surface area contributed by atoms with Crippen molar-refractivity contribution in [3.05, 3.63) is 106 Å². The molecule has 3 aromatic carbocycles. The Morgan fingerprint density at radius 1 is 0.750 bits per heavy atom. The Balaban J connectivity index is 1.46. The summed E-state index contributed by atoms with van der Waals surface area (Å²) in [5.74, 6) is 0.343. The third kappa shape index (κ3) is 6.45. The third-order valence-electron chi connectivity index (χ3n) is 3.91. The fourth-order valence-corrected chi connectivity index (χ4v) is 2.62. The Morgan fingerprint density at radius 2 is 1.29 bits per heavy atom. The van der Waals surface area contributed by atoms with Crippen LogP contribution in [0.15, 0.2) is 78.9 Å². The molecule has 0 radical (unpaired) electrons. The molecule has 3 nitrogen and oxygen atoms in total. The van der Waals surface area contributed by atoms with Crippen molar-refractivity contribution >= 4 is 35.2 Å². The van der Waals surface area contributed by atoms with Gasteiger partial charge < -0.3 is 9.47 Å². The van der Waals surface area contributed by atoms with Crippen LogP contribution in [0.25, 0.3) is 6.08 Å². The van der Waals surface area contributed by atoms with Gasteiger partial charge >= 0.3 is 5.97 Å². The normalized spacial score (nSPS) is 10.8. The van der Waals surface area contributed by atoms with E-state index in [0.29, 0.717) is 16.7 Å². The summed E-state index contributed by atoms with van der Waals surface area (Å²) in [7, 11) is 0. The minimum absolute atomic E-state index is 0.206. The number of carbonyl (C=O) groups excluding carboxylic acids is 1. The van der Waals surface area contributed by atoms with Crippen LogP contribution in [0.2, 0.25) is 10.0 Å². The molecule has 0 aliphatic rings. The van der Waals surface area contributed by atoms with Gasteiger partial charge in [-0.05, 0) is 59.2 Å². The van der Waals surface area contributed by atoms with Crippen LogP contribution in [0.5, 0.6) is 5.75 Å². The molecule has 0 spiro atoms. The van der Waals surface area contributed by atoms with E-state index < -0.39 is 5.97 Å². The molecule has 0 bridgehead atoms. The predicted molar refractivity (Wildman–Crippen MR) is 113 cm³/mol. The third-order valence-corrected chi connectivity index (χ3v) is 4.41. The van der Waals surface area contributed by atoms with Crippen molar-refractivity contribution in [1.82, 2.24) is 0 Å². The van der Waals surface area contributed by atoms with E-state index in [-0.39, 0.29) is 6.61 Å². The van der Waals surface area contributed by atoms with Crippen molar-refractivity contribution in [3.8, 4) is 5.75 Å². The molecule has 0 aliphatic heterocycles. The Kier molecular flexibility index (Phi) is 7.12. The zero-order valence-electron chi connectivity index (χ0n) is 15.0. The molecule has 0 fully saturated rings. The van der Waals surface area contributed by atoms with Gasteiger partial charge in [0.2, 0.25) is 0 Å². The second kappa shape index (κ2) is 9.98. The number of hydrogen-bond acceptors (Lipinski definition) is 3. The highest BCUT2D eigenvalue weighted by atomic mass is 35.5. The minimum atomic E-state index is -0.405. The SMILES string of the molecule is O=C(C=Cc1ccc(OCc2ccc(Cl)cc2)cc1)OCc1ccc(Cl)cc1. The van der Waals surface area contributed by atoms with E-state index in [4.69, 9.17) is 32.7 Å². The lowest BCUT2D eigenvalue weighted by Crippen LogP contribution is -2.00. The highest BCUT2D eigenvalue weighted by Crippen LogP contribution is 2.16. The molecule has 3 rings (SSSR count). The van der Waals surface area contributed by atoms with E-state index in [1.54, 1.807) is 18.2 Å². The Labute approximate surface area is 174 Å². The number of hydrogen-bond donors (Lipinski definition) is 0. The molecule has 142 valence electrons. The van der Waals surface area contributed by atoms with Gasteiger partial charge in [-0.2, -0.15) is 0 Å². The van der Waals surface area contributed by atoms with Gasteiger partial charge in [-0.3, -0.25) is 0 Å². The van der Waals surface area contributed by atoms with Gasteiger partial charge in [0, 0.05) is 16.1 Å². The average Bonchev–Trinajstić information content (AvgIpc) is 2.72. The highest BCUT2D eigenvalue weighted by Gasteiger charge is 2.00. The minimum Gasteiger partial charge on any atom is -0.489 e. The standard InChI is InChI=1S/C23H18Cl2O3/c24-20-8-1-18(2-9-20)15-27-22-12-5-17(6-13-22)7-14-23(26)28-16-19-3-10-21(25)11-4-19/h1-14H,15-16H2. The molecule has 0 heterocycles. The summed E-state index contributed by atoms with van der Waals surface area (Å²) in [5.41, 5.74) is 2.80. The van der Waals surface area contributed by atoms with Crippen molar-refractivity contribution in [2.45, 2.75) is 13.2 Å². The van der Waals surface area contributed by atoms with E-state index in [1.165, 1.54) is 6.08 Å². The second-order valence-corrected chi connectivity index (χ2v) is 6.92. The van der Waals surface area contributed by atoms with E-state index in [2.05, 4.69) is 0 Å². The Morgan fingerprint density at radius 3 is 1.86 bits per heavy atom. The van der Waals surface area contributed by atoms with Crippen molar-refractivity contribution in [1.29, 1.82) is 0 Å². The zero-order chi connectivity index (χ0) is 19.8. The first-order valence-corrected chi connectivity index (χ1v) is 9.41. The highest BCUT2D eigenvalue weighted by molar-refractivity contribution is 6.30. The van der Waals surface area contributed by atoms with E-state index in [1.807, 2.05) is 60.7 Å². The number of esters is 1. The maximum atomic E-state index is 11.8. The summed E-state index contributed by atoms with van der Waals surface area (Å²) < 4.78 is 10.9. The Hall–Kier alpha value is -2.75. The molecule has 0 atom stereocenters. The lowest BCUT2D eigenvalue weighted by Gasteiger charge is -2.06. The number of halogens is 2. The quantitative estimate of drug-likeness (QED) is 0.336. The molecule has 0 amide bonds. The van der Waals surface area contributed by atoms with Crippen molar-refractivity contribution in [3.63, 3.8) is 0 Å². The molecule has 5 heteroatoms. The largest absolute Gasteiger partial charge is 0.489 e. The van der Waals surface area contributed by atoms with Crippen molar-refractivity contribution in [2.75, 3.05) is 0 Å². The molecular formula is C23H18Cl2O3. The lowest BCUT2D eigenvalue weighted by atomic mass is 10.2. The van der Waals surface area contributed by atoms with Crippen LogP contribution in [-0.2, 0) is 22.7 Å². The number of benzene rings is 3. The van der Waals surface area contributed by atoms with Crippen LogP contribution in [-0.4, -0.2) is 5.97 Å². The van der Waals surface area contributed by atoms with Gasteiger partial charge in [0.25, 0.3) is 0 Å². The van der Waals surface area contributed by atoms with Gasteiger partial charge in [0.1, 0.15) is 19.0 Å². The average molecular weight is 413 g/mol. The maximum absolute atomic E-state index is 11.8. The zero-order valence-corrected chi connectivity index (χ0v) is 16.5. The second-order valence-electron chi connectivity index (χ2n) is 6.05. The number of ether oxygens (including phenoxy) is 2. The summed E-state index contributed by atoms with van der Waals surface area (Å²) in [6.45, 7) is 0.668. The van der Waals surface area contributed by atoms with E-state index >= 15 is 0 Å². The van der Waals surface area contributed by atoms with Gasteiger partial charge in [0.15, 0.2) is 0 Å².